The largest absolute Gasteiger partial charge is 0.495 e. The van der Waals surface area contributed by atoms with E-state index < -0.39 is 0 Å². The van der Waals surface area contributed by atoms with E-state index >= 15 is 0 Å². The van der Waals surface area contributed by atoms with Crippen LogP contribution in [0.2, 0.25) is 0 Å². The summed E-state index contributed by atoms with van der Waals surface area (Å²) >= 11 is 0. The Kier molecular flexibility index (Phi) is 4.86. The van der Waals surface area contributed by atoms with Gasteiger partial charge in [-0.3, -0.25) is 0 Å². The van der Waals surface area contributed by atoms with Gasteiger partial charge >= 0.3 is 0 Å². The molecule has 0 aromatic carbocycles. The lowest BCUT2D eigenvalue weighted by atomic mass is 10.3. The van der Waals surface area contributed by atoms with Crippen LogP contribution >= 0.6 is 0 Å². The number of methoxy groups -OCH3 is 2. The summed E-state index contributed by atoms with van der Waals surface area (Å²) in [6.07, 6.45) is 1.61. The van der Waals surface area contributed by atoms with Crippen LogP contribution in [0.15, 0.2) is 18.3 Å². The van der Waals surface area contributed by atoms with E-state index in [4.69, 9.17) is 14.6 Å². The van der Waals surface area contributed by atoms with Crippen molar-refractivity contribution in [3.8, 4) is 5.75 Å². The highest BCUT2D eigenvalue weighted by atomic mass is 16.5. The summed E-state index contributed by atoms with van der Waals surface area (Å²) in [7, 11) is 3.18. The molecule has 0 saturated heterocycles. The van der Waals surface area contributed by atoms with E-state index in [1.165, 1.54) is 0 Å². The van der Waals surface area contributed by atoms with Crippen molar-refractivity contribution in [3.05, 3.63) is 18.3 Å². The predicted octanol–water partition coefficient (Wildman–Crippen LogP) is 0.509. The van der Waals surface area contributed by atoms with E-state index in [2.05, 4.69) is 10.3 Å². The van der Waals surface area contributed by atoms with Gasteiger partial charge in [-0.05, 0) is 12.1 Å². The minimum atomic E-state index is -0.143. The molecule has 0 amide bonds. The lowest BCUT2D eigenvalue weighted by molar-refractivity contribution is 0.153. The van der Waals surface area contributed by atoms with E-state index in [-0.39, 0.29) is 12.6 Å². The van der Waals surface area contributed by atoms with Gasteiger partial charge in [0, 0.05) is 7.11 Å². The van der Waals surface area contributed by atoms with Crippen molar-refractivity contribution < 1.29 is 14.6 Å². The van der Waals surface area contributed by atoms with Gasteiger partial charge in [0.2, 0.25) is 0 Å². The third-order valence-corrected chi connectivity index (χ3v) is 1.91. The third-order valence-electron chi connectivity index (χ3n) is 1.91. The standard InChI is InChI=1S/C10H16N2O3/c1-14-7-8(6-13)12-10-4-3-9(15-2)5-11-10/h3-5,8,13H,6-7H2,1-2H3,(H,11,12). The highest BCUT2D eigenvalue weighted by Gasteiger charge is 2.06. The molecule has 0 aliphatic heterocycles. The van der Waals surface area contributed by atoms with Crippen molar-refractivity contribution >= 4 is 5.82 Å². The summed E-state index contributed by atoms with van der Waals surface area (Å²) in [4.78, 5) is 4.12. The molecule has 2 N–H and O–H groups in total. The van der Waals surface area contributed by atoms with Gasteiger partial charge in [-0.15, -0.1) is 0 Å². The Morgan fingerprint density at radius 2 is 2.27 bits per heavy atom. The molecule has 0 radical (unpaired) electrons. The average Bonchev–Trinajstić information content (AvgIpc) is 2.29. The second-order valence-electron chi connectivity index (χ2n) is 3.06. The zero-order chi connectivity index (χ0) is 11.1. The van der Waals surface area contributed by atoms with Gasteiger partial charge in [0.1, 0.15) is 11.6 Å². The molecule has 84 valence electrons. The number of anilines is 1. The molecule has 5 heteroatoms. The number of ether oxygens (including phenoxy) is 2. The van der Waals surface area contributed by atoms with Crippen LogP contribution < -0.4 is 10.1 Å². The maximum Gasteiger partial charge on any atom is 0.137 e. The SMILES string of the molecule is COCC(CO)Nc1ccc(OC)cn1. The third kappa shape index (κ3) is 3.73. The molecule has 0 bridgehead atoms. The summed E-state index contributed by atoms with van der Waals surface area (Å²) in [5.74, 6) is 1.39. The molecule has 1 heterocycles. The first-order valence-corrected chi connectivity index (χ1v) is 4.66. The number of hydrogen-bond acceptors (Lipinski definition) is 5. The topological polar surface area (TPSA) is 63.6 Å². The molecular weight excluding hydrogens is 196 g/mol. The fraction of sp³-hybridized carbons (Fsp3) is 0.500. The second-order valence-corrected chi connectivity index (χ2v) is 3.06. The quantitative estimate of drug-likeness (QED) is 0.719. The summed E-state index contributed by atoms with van der Waals surface area (Å²) in [5.41, 5.74) is 0. The average molecular weight is 212 g/mol. The first-order valence-electron chi connectivity index (χ1n) is 4.66. The van der Waals surface area contributed by atoms with Crippen LogP contribution in [-0.4, -0.2) is 43.6 Å². The molecular formula is C10H16N2O3. The van der Waals surface area contributed by atoms with E-state index in [0.29, 0.717) is 18.2 Å². The Bertz CT molecular complexity index is 277. The van der Waals surface area contributed by atoms with Crippen molar-refractivity contribution in [2.75, 3.05) is 32.8 Å². The maximum atomic E-state index is 9.02. The summed E-state index contributed by atoms with van der Waals surface area (Å²) in [5, 5.41) is 12.1. The van der Waals surface area contributed by atoms with Crippen molar-refractivity contribution in [3.63, 3.8) is 0 Å². The molecule has 1 aromatic heterocycles. The lowest BCUT2D eigenvalue weighted by Crippen LogP contribution is -2.29. The van der Waals surface area contributed by atoms with Gasteiger partial charge in [0.15, 0.2) is 0 Å². The highest BCUT2D eigenvalue weighted by Crippen LogP contribution is 2.11. The number of aliphatic hydroxyl groups is 1. The van der Waals surface area contributed by atoms with Crippen molar-refractivity contribution in [1.29, 1.82) is 0 Å². The fourth-order valence-electron chi connectivity index (χ4n) is 1.14. The van der Waals surface area contributed by atoms with Crippen LogP contribution in [0.25, 0.3) is 0 Å². The van der Waals surface area contributed by atoms with Gasteiger partial charge in [-0.2, -0.15) is 0 Å². The first-order chi connectivity index (χ1) is 7.30. The molecule has 15 heavy (non-hydrogen) atoms. The maximum absolute atomic E-state index is 9.02. The second kappa shape index (κ2) is 6.21. The number of rotatable bonds is 6. The molecule has 1 atom stereocenters. The van der Waals surface area contributed by atoms with E-state index in [1.807, 2.05) is 0 Å². The van der Waals surface area contributed by atoms with Crippen LogP contribution in [0.1, 0.15) is 0 Å². The minimum Gasteiger partial charge on any atom is -0.495 e. The zero-order valence-electron chi connectivity index (χ0n) is 8.93. The molecule has 0 aliphatic carbocycles. The van der Waals surface area contributed by atoms with Crippen molar-refractivity contribution in [2.45, 2.75) is 6.04 Å². The number of aliphatic hydroxyl groups excluding tert-OH is 1. The van der Waals surface area contributed by atoms with Crippen LogP contribution in [0.4, 0.5) is 5.82 Å². The minimum absolute atomic E-state index is 0.00154. The number of nitrogens with one attached hydrogen (secondary N) is 1. The van der Waals surface area contributed by atoms with Gasteiger partial charge in [0.05, 0.1) is 32.6 Å². The smallest absolute Gasteiger partial charge is 0.137 e. The predicted molar refractivity (Wildman–Crippen MR) is 57.2 cm³/mol. The van der Waals surface area contributed by atoms with Gasteiger partial charge in [-0.1, -0.05) is 0 Å². The summed E-state index contributed by atoms with van der Waals surface area (Å²) in [6.45, 7) is 0.436. The molecule has 0 fully saturated rings. The molecule has 0 saturated carbocycles. The Morgan fingerprint density at radius 1 is 1.47 bits per heavy atom. The van der Waals surface area contributed by atoms with Crippen molar-refractivity contribution in [1.82, 2.24) is 4.98 Å². The van der Waals surface area contributed by atoms with E-state index in [1.54, 1.807) is 32.5 Å². The van der Waals surface area contributed by atoms with Crippen LogP contribution in [0.5, 0.6) is 5.75 Å². The normalized spacial score (nSPS) is 12.2. The van der Waals surface area contributed by atoms with Gasteiger partial charge in [0.25, 0.3) is 0 Å². The molecule has 1 rings (SSSR count). The van der Waals surface area contributed by atoms with Crippen LogP contribution in [0.3, 0.4) is 0 Å². The number of nitrogens with zero attached hydrogens (tertiary/aromatic N) is 1. The van der Waals surface area contributed by atoms with Crippen molar-refractivity contribution in [2.24, 2.45) is 0 Å². The molecule has 5 nitrogen and oxygen atoms in total. The van der Waals surface area contributed by atoms with Crippen LogP contribution in [-0.2, 0) is 4.74 Å². The Hall–Kier alpha value is -1.33. The molecule has 0 spiro atoms. The lowest BCUT2D eigenvalue weighted by Gasteiger charge is -2.15. The van der Waals surface area contributed by atoms with E-state index in [0.717, 1.165) is 0 Å². The van der Waals surface area contributed by atoms with E-state index in [9.17, 15) is 0 Å². The highest BCUT2D eigenvalue weighted by molar-refractivity contribution is 5.38. The van der Waals surface area contributed by atoms with Crippen LogP contribution in [0, 0.1) is 0 Å². The summed E-state index contributed by atoms with van der Waals surface area (Å²) in [6, 6.07) is 3.45. The number of hydrogen-bond donors (Lipinski definition) is 2. The monoisotopic (exact) mass is 212 g/mol. The Morgan fingerprint density at radius 3 is 2.73 bits per heavy atom. The number of aromatic nitrogens is 1. The molecule has 1 aromatic rings. The molecule has 1 unspecified atom stereocenters. The Labute approximate surface area is 89.0 Å². The number of pyridine rings is 1. The van der Waals surface area contributed by atoms with Gasteiger partial charge in [-0.25, -0.2) is 4.98 Å². The fourth-order valence-corrected chi connectivity index (χ4v) is 1.14. The summed E-state index contributed by atoms with van der Waals surface area (Å²) < 4.78 is 9.92. The van der Waals surface area contributed by atoms with Gasteiger partial charge < -0.3 is 19.9 Å². The first kappa shape index (κ1) is 11.7. The Balaban J connectivity index is 2.55. The zero-order valence-corrected chi connectivity index (χ0v) is 8.93. The molecule has 0 aliphatic rings.